The second-order valence-electron chi connectivity index (χ2n) is 7.30. The van der Waals surface area contributed by atoms with Gasteiger partial charge in [0.2, 0.25) is 0 Å². The van der Waals surface area contributed by atoms with Gasteiger partial charge < -0.3 is 15.4 Å². The third kappa shape index (κ3) is 6.32. The van der Waals surface area contributed by atoms with Gasteiger partial charge in [0, 0.05) is 19.6 Å². The zero-order chi connectivity index (χ0) is 19.9. The highest BCUT2D eigenvalue weighted by Crippen LogP contribution is 2.23. The van der Waals surface area contributed by atoms with Crippen LogP contribution in [0, 0.1) is 6.92 Å². The van der Waals surface area contributed by atoms with Crippen molar-refractivity contribution in [1.29, 1.82) is 0 Å². The molecule has 8 heteroatoms. The standard InChI is InChI=1S/C21H32N6O.HI/c1-5-22-21(25-19-7-6-14-27-20(19)24-16(3)26-27)23-13-12-15(2)17-8-10-18(28-4)11-9-17;/h8-11,15,19H,5-7,12-14H2,1-4H3,(H2,22,23,25);1H. The molecule has 0 fully saturated rings. The van der Waals surface area contributed by atoms with Crippen LogP contribution in [-0.2, 0) is 6.54 Å². The number of aromatic nitrogens is 3. The van der Waals surface area contributed by atoms with E-state index in [1.54, 1.807) is 7.11 Å². The molecule has 0 radical (unpaired) electrons. The van der Waals surface area contributed by atoms with Gasteiger partial charge in [0.15, 0.2) is 5.96 Å². The molecule has 1 aromatic carbocycles. The molecule has 0 saturated heterocycles. The smallest absolute Gasteiger partial charge is 0.191 e. The quantitative estimate of drug-likeness (QED) is 0.336. The largest absolute Gasteiger partial charge is 0.497 e. The predicted molar refractivity (Wildman–Crippen MR) is 127 cm³/mol. The maximum Gasteiger partial charge on any atom is 0.191 e. The van der Waals surface area contributed by atoms with Crippen LogP contribution in [0.3, 0.4) is 0 Å². The van der Waals surface area contributed by atoms with Gasteiger partial charge in [0.25, 0.3) is 0 Å². The molecule has 2 N–H and O–H groups in total. The molecule has 0 amide bonds. The summed E-state index contributed by atoms with van der Waals surface area (Å²) in [6, 6.07) is 8.46. The van der Waals surface area contributed by atoms with Crippen LogP contribution in [0.4, 0.5) is 0 Å². The predicted octanol–water partition coefficient (Wildman–Crippen LogP) is 3.80. The summed E-state index contributed by atoms with van der Waals surface area (Å²) in [6.45, 7) is 8.82. The van der Waals surface area contributed by atoms with Gasteiger partial charge in [-0.25, -0.2) is 9.67 Å². The van der Waals surface area contributed by atoms with Crippen molar-refractivity contribution in [2.75, 3.05) is 20.2 Å². The highest BCUT2D eigenvalue weighted by molar-refractivity contribution is 14.0. The Balaban J connectivity index is 0.00000300. The molecule has 0 saturated carbocycles. The second kappa shape index (κ2) is 11.4. The zero-order valence-corrected chi connectivity index (χ0v) is 20.1. The summed E-state index contributed by atoms with van der Waals surface area (Å²) in [5.41, 5.74) is 1.31. The topological polar surface area (TPSA) is 76.4 Å². The van der Waals surface area contributed by atoms with Crippen molar-refractivity contribution in [2.24, 2.45) is 4.99 Å². The lowest BCUT2D eigenvalue weighted by atomic mass is 9.98. The van der Waals surface area contributed by atoms with Gasteiger partial charge in [-0.15, -0.1) is 24.0 Å². The summed E-state index contributed by atoms with van der Waals surface area (Å²) in [6.07, 6.45) is 3.13. The minimum absolute atomic E-state index is 0. The molecule has 3 rings (SSSR count). The van der Waals surface area contributed by atoms with E-state index < -0.39 is 0 Å². The van der Waals surface area contributed by atoms with Crippen LogP contribution in [-0.4, -0.2) is 40.9 Å². The Bertz CT molecular complexity index is 789. The number of aryl methyl sites for hydroxylation is 2. The van der Waals surface area contributed by atoms with Crippen molar-refractivity contribution in [1.82, 2.24) is 25.4 Å². The van der Waals surface area contributed by atoms with E-state index in [9.17, 15) is 0 Å². The number of aliphatic imine (C=N–C) groups is 1. The average Bonchev–Trinajstić information content (AvgIpc) is 3.09. The van der Waals surface area contributed by atoms with Gasteiger partial charge in [-0.1, -0.05) is 19.1 Å². The lowest BCUT2D eigenvalue weighted by molar-refractivity contribution is 0.397. The Hall–Kier alpha value is -1.84. The first-order valence-electron chi connectivity index (χ1n) is 10.2. The van der Waals surface area contributed by atoms with E-state index in [-0.39, 0.29) is 30.0 Å². The van der Waals surface area contributed by atoms with E-state index in [0.29, 0.717) is 5.92 Å². The number of rotatable bonds is 7. The summed E-state index contributed by atoms with van der Waals surface area (Å²) in [4.78, 5) is 9.40. The van der Waals surface area contributed by atoms with Gasteiger partial charge in [-0.2, -0.15) is 5.10 Å². The Labute approximate surface area is 190 Å². The van der Waals surface area contributed by atoms with Crippen molar-refractivity contribution in [3.63, 3.8) is 0 Å². The molecule has 2 atom stereocenters. The van der Waals surface area contributed by atoms with E-state index in [1.807, 2.05) is 23.7 Å². The molecule has 7 nitrogen and oxygen atoms in total. The highest BCUT2D eigenvalue weighted by atomic mass is 127. The molecule has 2 unspecified atom stereocenters. The summed E-state index contributed by atoms with van der Waals surface area (Å²) < 4.78 is 7.26. The molecule has 2 aromatic rings. The van der Waals surface area contributed by atoms with Crippen LogP contribution < -0.4 is 15.4 Å². The van der Waals surface area contributed by atoms with Gasteiger partial charge in [-0.05, 0) is 56.7 Å². The van der Waals surface area contributed by atoms with Crippen LogP contribution in [0.15, 0.2) is 29.3 Å². The molecule has 0 spiro atoms. The summed E-state index contributed by atoms with van der Waals surface area (Å²) in [5, 5.41) is 11.4. The number of nitrogens with zero attached hydrogens (tertiary/aromatic N) is 4. The van der Waals surface area contributed by atoms with Crippen molar-refractivity contribution in [3.8, 4) is 5.75 Å². The molecular weight excluding hydrogens is 479 g/mol. The second-order valence-corrected chi connectivity index (χ2v) is 7.30. The van der Waals surface area contributed by atoms with Gasteiger partial charge in [-0.3, -0.25) is 4.99 Å². The monoisotopic (exact) mass is 512 g/mol. The van der Waals surface area contributed by atoms with Gasteiger partial charge in [0.1, 0.15) is 17.4 Å². The number of benzene rings is 1. The zero-order valence-electron chi connectivity index (χ0n) is 17.8. The fourth-order valence-corrected chi connectivity index (χ4v) is 3.56. The SMILES string of the molecule is CCNC(=NCCC(C)c1ccc(OC)cc1)NC1CCCn2nc(C)nc21.I. The van der Waals surface area contributed by atoms with Gasteiger partial charge in [0.05, 0.1) is 13.2 Å². The molecule has 160 valence electrons. The van der Waals surface area contributed by atoms with Crippen LogP contribution in [0.1, 0.15) is 62.3 Å². The number of ether oxygens (including phenoxy) is 1. The Kier molecular flexibility index (Phi) is 9.19. The summed E-state index contributed by atoms with van der Waals surface area (Å²) in [7, 11) is 1.69. The number of hydrogen-bond acceptors (Lipinski definition) is 4. The fourth-order valence-electron chi connectivity index (χ4n) is 3.56. The first-order valence-corrected chi connectivity index (χ1v) is 10.2. The molecule has 1 aromatic heterocycles. The van der Waals surface area contributed by atoms with E-state index in [2.05, 4.69) is 46.7 Å². The molecule has 1 aliphatic heterocycles. The number of nitrogens with one attached hydrogen (secondary N) is 2. The van der Waals surface area contributed by atoms with Gasteiger partial charge >= 0.3 is 0 Å². The van der Waals surface area contributed by atoms with Crippen molar-refractivity contribution < 1.29 is 4.74 Å². The maximum atomic E-state index is 5.24. The highest BCUT2D eigenvalue weighted by Gasteiger charge is 2.24. The number of methoxy groups -OCH3 is 1. The first-order chi connectivity index (χ1) is 13.6. The minimum Gasteiger partial charge on any atom is -0.497 e. The first kappa shape index (κ1) is 23.4. The third-order valence-electron chi connectivity index (χ3n) is 5.15. The molecule has 0 aliphatic carbocycles. The van der Waals surface area contributed by atoms with Crippen molar-refractivity contribution >= 4 is 29.9 Å². The Morgan fingerprint density at radius 1 is 1.34 bits per heavy atom. The van der Waals surface area contributed by atoms with E-state index in [1.165, 1.54) is 5.56 Å². The van der Waals surface area contributed by atoms with E-state index >= 15 is 0 Å². The van der Waals surface area contributed by atoms with E-state index in [0.717, 1.165) is 62.3 Å². The lowest BCUT2D eigenvalue weighted by Crippen LogP contribution is -2.41. The van der Waals surface area contributed by atoms with Crippen molar-refractivity contribution in [2.45, 2.75) is 58.5 Å². The summed E-state index contributed by atoms with van der Waals surface area (Å²) >= 11 is 0. The van der Waals surface area contributed by atoms with E-state index in [4.69, 9.17) is 9.73 Å². The number of halogens is 1. The molecular formula is C21H33IN6O. The average molecular weight is 512 g/mol. The molecule has 0 bridgehead atoms. The van der Waals surface area contributed by atoms with Crippen LogP contribution in [0.5, 0.6) is 5.75 Å². The maximum absolute atomic E-state index is 5.24. The molecule has 2 heterocycles. The summed E-state index contributed by atoms with van der Waals surface area (Å²) in [5.74, 6) is 4.03. The third-order valence-corrected chi connectivity index (χ3v) is 5.15. The number of guanidine groups is 1. The number of hydrogen-bond donors (Lipinski definition) is 2. The fraction of sp³-hybridized carbons (Fsp3) is 0.571. The Morgan fingerprint density at radius 2 is 2.10 bits per heavy atom. The minimum atomic E-state index is 0. The van der Waals surface area contributed by atoms with Crippen LogP contribution in [0.2, 0.25) is 0 Å². The molecule has 1 aliphatic rings. The lowest BCUT2D eigenvalue weighted by Gasteiger charge is -2.25. The van der Waals surface area contributed by atoms with Crippen molar-refractivity contribution in [3.05, 3.63) is 41.5 Å². The molecule has 29 heavy (non-hydrogen) atoms. The van der Waals surface area contributed by atoms with Crippen LogP contribution in [0.25, 0.3) is 0 Å². The number of fused-ring (bicyclic) bond motifs is 1. The normalized spacial score (nSPS) is 17.1. The van der Waals surface area contributed by atoms with Crippen LogP contribution >= 0.6 is 24.0 Å². The Morgan fingerprint density at radius 3 is 2.79 bits per heavy atom.